The monoisotopic (exact) mass is 371 g/mol. The van der Waals surface area contributed by atoms with Crippen molar-refractivity contribution < 1.29 is 9.59 Å². The molecular weight excluding hydrogens is 338 g/mol. The van der Waals surface area contributed by atoms with Crippen molar-refractivity contribution in [2.24, 2.45) is 5.92 Å². The molecule has 1 atom stereocenters. The van der Waals surface area contributed by atoms with Crippen molar-refractivity contribution in [1.29, 1.82) is 0 Å². The van der Waals surface area contributed by atoms with Crippen molar-refractivity contribution in [3.05, 3.63) is 35.4 Å². The van der Waals surface area contributed by atoms with E-state index in [0.717, 1.165) is 37.8 Å². The third-order valence-electron chi connectivity index (χ3n) is 5.86. The molecule has 0 spiro atoms. The van der Waals surface area contributed by atoms with E-state index in [1.54, 1.807) is 0 Å². The first kappa shape index (κ1) is 19.9. The SMILES string of the molecule is CC(=O)NC(C(=O)NCc1ccc(CN2CCCCC2)cc1)C1CCCC1. The number of likely N-dealkylation sites (tertiary alicyclic amines) is 1. The van der Waals surface area contributed by atoms with Gasteiger partial charge in [0.25, 0.3) is 0 Å². The highest BCUT2D eigenvalue weighted by atomic mass is 16.2. The number of amides is 2. The Morgan fingerprint density at radius 1 is 1.00 bits per heavy atom. The van der Waals surface area contributed by atoms with Gasteiger partial charge in [0.1, 0.15) is 6.04 Å². The van der Waals surface area contributed by atoms with E-state index in [2.05, 4.69) is 39.8 Å². The van der Waals surface area contributed by atoms with Gasteiger partial charge in [0.15, 0.2) is 0 Å². The van der Waals surface area contributed by atoms with E-state index in [-0.39, 0.29) is 17.7 Å². The van der Waals surface area contributed by atoms with Crippen LogP contribution in [0.5, 0.6) is 0 Å². The molecule has 2 N–H and O–H groups in total. The van der Waals surface area contributed by atoms with E-state index in [4.69, 9.17) is 0 Å². The Labute approximate surface area is 162 Å². The van der Waals surface area contributed by atoms with Gasteiger partial charge in [-0.1, -0.05) is 43.5 Å². The number of nitrogens with one attached hydrogen (secondary N) is 2. The molecule has 1 aliphatic carbocycles. The molecule has 3 rings (SSSR count). The van der Waals surface area contributed by atoms with Gasteiger partial charge in [0, 0.05) is 20.0 Å². The lowest BCUT2D eigenvalue weighted by molar-refractivity contribution is -0.129. The molecule has 2 fully saturated rings. The van der Waals surface area contributed by atoms with Gasteiger partial charge in [-0.05, 0) is 55.8 Å². The maximum atomic E-state index is 12.6. The molecule has 1 saturated heterocycles. The maximum Gasteiger partial charge on any atom is 0.243 e. The highest BCUT2D eigenvalue weighted by Crippen LogP contribution is 2.28. The minimum atomic E-state index is -0.400. The van der Waals surface area contributed by atoms with Gasteiger partial charge in [0.2, 0.25) is 11.8 Å². The summed E-state index contributed by atoms with van der Waals surface area (Å²) in [4.78, 5) is 26.6. The molecule has 1 heterocycles. The number of hydrogen-bond donors (Lipinski definition) is 2. The van der Waals surface area contributed by atoms with Gasteiger partial charge >= 0.3 is 0 Å². The smallest absolute Gasteiger partial charge is 0.243 e. The lowest BCUT2D eigenvalue weighted by Gasteiger charge is -2.26. The van der Waals surface area contributed by atoms with Crippen LogP contribution in [0.3, 0.4) is 0 Å². The Bertz CT molecular complexity index is 617. The highest BCUT2D eigenvalue weighted by molar-refractivity contribution is 5.87. The molecule has 0 bridgehead atoms. The van der Waals surface area contributed by atoms with Crippen molar-refractivity contribution in [2.75, 3.05) is 13.1 Å². The van der Waals surface area contributed by atoms with E-state index >= 15 is 0 Å². The lowest BCUT2D eigenvalue weighted by atomic mass is 9.97. The van der Waals surface area contributed by atoms with E-state index in [1.165, 1.54) is 44.8 Å². The zero-order valence-electron chi connectivity index (χ0n) is 16.5. The standard InChI is InChI=1S/C22H33N3O2/c1-17(26)24-21(20-7-3-4-8-20)22(27)23-15-18-9-11-19(12-10-18)16-25-13-5-2-6-14-25/h9-12,20-21H,2-8,13-16H2,1H3,(H,23,27)(H,24,26). The zero-order chi connectivity index (χ0) is 19.1. The summed E-state index contributed by atoms with van der Waals surface area (Å²) in [5, 5.41) is 5.87. The van der Waals surface area contributed by atoms with Gasteiger partial charge < -0.3 is 10.6 Å². The van der Waals surface area contributed by atoms with Crippen molar-refractivity contribution in [3.8, 4) is 0 Å². The summed E-state index contributed by atoms with van der Waals surface area (Å²) in [6.07, 6.45) is 8.29. The molecule has 0 aromatic heterocycles. The van der Waals surface area contributed by atoms with Gasteiger partial charge in [-0.15, -0.1) is 0 Å². The molecular formula is C22H33N3O2. The molecule has 5 heteroatoms. The fourth-order valence-corrected chi connectivity index (χ4v) is 4.34. The maximum absolute atomic E-state index is 12.6. The Morgan fingerprint density at radius 2 is 1.63 bits per heavy atom. The summed E-state index contributed by atoms with van der Waals surface area (Å²) in [5.41, 5.74) is 2.42. The van der Waals surface area contributed by atoms with Crippen LogP contribution in [0.2, 0.25) is 0 Å². The summed E-state index contributed by atoms with van der Waals surface area (Å²) in [7, 11) is 0. The lowest BCUT2D eigenvalue weighted by Crippen LogP contribution is -2.49. The number of nitrogens with zero attached hydrogens (tertiary/aromatic N) is 1. The molecule has 1 saturated carbocycles. The minimum Gasteiger partial charge on any atom is -0.350 e. The van der Waals surface area contributed by atoms with Crippen molar-refractivity contribution in [1.82, 2.24) is 15.5 Å². The van der Waals surface area contributed by atoms with Crippen LogP contribution in [0.15, 0.2) is 24.3 Å². The first-order valence-corrected chi connectivity index (χ1v) is 10.5. The Kier molecular flexibility index (Phi) is 7.27. The van der Waals surface area contributed by atoms with Crippen LogP contribution in [-0.2, 0) is 22.7 Å². The highest BCUT2D eigenvalue weighted by Gasteiger charge is 2.31. The van der Waals surface area contributed by atoms with Crippen LogP contribution in [0.1, 0.15) is 63.0 Å². The fraction of sp³-hybridized carbons (Fsp3) is 0.636. The predicted octanol–water partition coefficient (Wildman–Crippen LogP) is 2.98. The molecule has 1 aromatic carbocycles. The summed E-state index contributed by atoms with van der Waals surface area (Å²) in [5.74, 6) is 0.0689. The second-order valence-electron chi connectivity index (χ2n) is 8.09. The number of rotatable bonds is 7. The normalized spacial score (nSPS) is 19.6. The molecule has 148 valence electrons. The van der Waals surface area contributed by atoms with Gasteiger partial charge in [-0.2, -0.15) is 0 Å². The Morgan fingerprint density at radius 3 is 2.26 bits per heavy atom. The molecule has 2 aliphatic rings. The molecule has 1 unspecified atom stereocenters. The van der Waals surface area contributed by atoms with E-state index in [0.29, 0.717) is 6.54 Å². The number of piperidine rings is 1. The van der Waals surface area contributed by atoms with Gasteiger partial charge in [-0.25, -0.2) is 0 Å². The van der Waals surface area contributed by atoms with E-state index in [9.17, 15) is 9.59 Å². The van der Waals surface area contributed by atoms with Crippen LogP contribution in [0.25, 0.3) is 0 Å². The molecule has 0 radical (unpaired) electrons. The van der Waals surface area contributed by atoms with Gasteiger partial charge in [-0.3, -0.25) is 14.5 Å². The summed E-state index contributed by atoms with van der Waals surface area (Å²) in [6, 6.07) is 8.13. The molecule has 5 nitrogen and oxygen atoms in total. The van der Waals surface area contributed by atoms with E-state index in [1.807, 2.05) is 0 Å². The molecule has 1 aromatic rings. The first-order chi connectivity index (χ1) is 13.1. The van der Waals surface area contributed by atoms with Crippen LogP contribution < -0.4 is 10.6 Å². The molecule has 2 amide bonds. The van der Waals surface area contributed by atoms with Crippen LogP contribution >= 0.6 is 0 Å². The second-order valence-corrected chi connectivity index (χ2v) is 8.09. The van der Waals surface area contributed by atoms with Crippen molar-refractivity contribution in [3.63, 3.8) is 0 Å². The number of carbonyl (C=O) groups excluding carboxylic acids is 2. The predicted molar refractivity (Wildman–Crippen MR) is 107 cm³/mol. The Balaban J connectivity index is 1.50. The third kappa shape index (κ3) is 6.06. The Hall–Kier alpha value is -1.88. The van der Waals surface area contributed by atoms with Gasteiger partial charge in [0.05, 0.1) is 0 Å². The average Bonchev–Trinajstić information content (AvgIpc) is 3.20. The number of carbonyl (C=O) groups is 2. The average molecular weight is 372 g/mol. The quantitative estimate of drug-likeness (QED) is 0.775. The first-order valence-electron chi connectivity index (χ1n) is 10.5. The number of benzene rings is 1. The van der Waals surface area contributed by atoms with Crippen LogP contribution in [-0.4, -0.2) is 35.8 Å². The summed E-state index contributed by atoms with van der Waals surface area (Å²) in [6.45, 7) is 5.40. The largest absolute Gasteiger partial charge is 0.350 e. The third-order valence-corrected chi connectivity index (χ3v) is 5.86. The second kappa shape index (κ2) is 9.88. The molecule has 1 aliphatic heterocycles. The fourth-order valence-electron chi connectivity index (χ4n) is 4.34. The van der Waals surface area contributed by atoms with Crippen LogP contribution in [0, 0.1) is 5.92 Å². The van der Waals surface area contributed by atoms with Crippen LogP contribution in [0.4, 0.5) is 0 Å². The minimum absolute atomic E-state index is 0.0607. The molecule has 27 heavy (non-hydrogen) atoms. The van der Waals surface area contributed by atoms with Crippen molar-refractivity contribution >= 4 is 11.8 Å². The van der Waals surface area contributed by atoms with Crippen molar-refractivity contribution in [2.45, 2.75) is 71.0 Å². The summed E-state index contributed by atoms with van der Waals surface area (Å²) >= 11 is 0. The zero-order valence-corrected chi connectivity index (χ0v) is 16.5. The number of hydrogen-bond acceptors (Lipinski definition) is 3. The van der Waals surface area contributed by atoms with E-state index < -0.39 is 6.04 Å². The topological polar surface area (TPSA) is 61.4 Å². The summed E-state index contributed by atoms with van der Waals surface area (Å²) < 4.78 is 0.